The van der Waals surface area contributed by atoms with Crippen LogP contribution in [0, 0.1) is 0 Å². The molecule has 0 radical (unpaired) electrons. The van der Waals surface area contributed by atoms with Crippen LogP contribution in [0.4, 0.5) is 5.69 Å². The predicted molar refractivity (Wildman–Crippen MR) is 71.3 cm³/mol. The second kappa shape index (κ2) is 6.03. The van der Waals surface area contributed by atoms with E-state index in [0.717, 1.165) is 19.7 Å². The Kier molecular flexibility index (Phi) is 4.40. The second-order valence-electron chi connectivity index (χ2n) is 4.91. The zero-order valence-corrected chi connectivity index (χ0v) is 10.8. The molecular weight excluding hydrogens is 212 g/mol. The van der Waals surface area contributed by atoms with E-state index in [9.17, 15) is 0 Å². The van der Waals surface area contributed by atoms with E-state index in [1.54, 1.807) is 0 Å². The van der Waals surface area contributed by atoms with Gasteiger partial charge in [-0.2, -0.15) is 0 Å². The van der Waals surface area contributed by atoms with Gasteiger partial charge in [-0.15, -0.1) is 0 Å². The molecule has 17 heavy (non-hydrogen) atoms. The number of benzene rings is 1. The Labute approximate surface area is 104 Å². The lowest BCUT2D eigenvalue weighted by Gasteiger charge is -2.17. The summed E-state index contributed by atoms with van der Waals surface area (Å²) in [6.45, 7) is 2.81. The predicted octanol–water partition coefficient (Wildman–Crippen LogP) is 2.34. The third kappa shape index (κ3) is 3.72. The zero-order chi connectivity index (χ0) is 12.1. The fourth-order valence-electron chi connectivity index (χ4n) is 2.20. The average Bonchev–Trinajstić information content (AvgIpc) is 2.80. The number of ether oxygens (including phenoxy) is 1. The van der Waals surface area contributed by atoms with Gasteiger partial charge in [-0.25, -0.2) is 0 Å². The van der Waals surface area contributed by atoms with E-state index >= 15 is 0 Å². The first-order valence-corrected chi connectivity index (χ1v) is 6.34. The van der Waals surface area contributed by atoms with Gasteiger partial charge < -0.3 is 15.0 Å². The number of para-hydroxylation sites is 1. The van der Waals surface area contributed by atoms with Crippen LogP contribution in [0.3, 0.4) is 0 Å². The van der Waals surface area contributed by atoms with Crippen molar-refractivity contribution in [1.29, 1.82) is 0 Å². The molecule has 3 nitrogen and oxygen atoms in total. The van der Waals surface area contributed by atoms with E-state index in [4.69, 9.17) is 4.74 Å². The lowest BCUT2D eigenvalue weighted by atomic mass is 10.1. The van der Waals surface area contributed by atoms with Gasteiger partial charge in [0, 0.05) is 25.4 Å². The van der Waals surface area contributed by atoms with Gasteiger partial charge in [0.1, 0.15) is 0 Å². The van der Waals surface area contributed by atoms with Gasteiger partial charge in [0.25, 0.3) is 0 Å². The third-order valence-corrected chi connectivity index (χ3v) is 3.05. The van der Waals surface area contributed by atoms with Crippen LogP contribution in [-0.2, 0) is 11.3 Å². The summed E-state index contributed by atoms with van der Waals surface area (Å²) in [6, 6.07) is 8.50. The van der Waals surface area contributed by atoms with Gasteiger partial charge in [0.2, 0.25) is 0 Å². The van der Waals surface area contributed by atoms with Crippen molar-refractivity contribution in [2.24, 2.45) is 0 Å². The Morgan fingerprint density at radius 2 is 2.18 bits per heavy atom. The molecule has 1 saturated heterocycles. The molecule has 1 unspecified atom stereocenters. The average molecular weight is 234 g/mol. The molecule has 1 aromatic carbocycles. The van der Waals surface area contributed by atoms with Gasteiger partial charge >= 0.3 is 0 Å². The molecule has 1 atom stereocenters. The first kappa shape index (κ1) is 12.4. The summed E-state index contributed by atoms with van der Waals surface area (Å²) in [6.07, 6.45) is 2.77. The number of rotatable bonds is 5. The van der Waals surface area contributed by atoms with E-state index in [1.165, 1.54) is 24.1 Å². The summed E-state index contributed by atoms with van der Waals surface area (Å²) < 4.78 is 5.62. The summed E-state index contributed by atoms with van der Waals surface area (Å²) >= 11 is 0. The van der Waals surface area contributed by atoms with Crippen LogP contribution in [0.2, 0.25) is 0 Å². The molecule has 1 fully saturated rings. The minimum atomic E-state index is 0.391. The lowest BCUT2D eigenvalue weighted by Crippen LogP contribution is -2.20. The maximum Gasteiger partial charge on any atom is 0.0748 e. The number of nitrogens with one attached hydrogen (secondary N) is 1. The Balaban J connectivity index is 1.94. The van der Waals surface area contributed by atoms with Crippen LogP contribution in [0.25, 0.3) is 0 Å². The highest BCUT2D eigenvalue weighted by molar-refractivity contribution is 5.51. The van der Waals surface area contributed by atoms with Crippen molar-refractivity contribution in [2.75, 3.05) is 32.6 Å². The van der Waals surface area contributed by atoms with Crippen molar-refractivity contribution in [1.82, 2.24) is 4.90 Å². The highest BCUT2D eigenvalue weighted by atomic mass is 16.5. The molecule has 0 bridgehead atoms. The summed E-state index contributed by atoms with van der Waals surface area (Å²) in [5.74, 6) is 0. The number of nitrogens with zero attached hydrogens (tertiary/aromatic N) is 1. The Bertz CT molecular complexity index is 346. The first-order chi connectivity index (χ1) is 8.25. The Morgan fingerprint density at radius 1 is 1.35 bits per heavy atom. The second-order valence-corrected chi connectivity index (χ2v) is 4.91. The minimum Gasteiger partial charge on any atom is -0.382 e. The van der Waals surface area contributed by atoms with Crippen molar-refractivity contribution < 1.29 is 4.74 Å². The SMILES string of the molecule is CN(C)Cc1ccccc1NCC1CCCO1. The molecule has 0 spiro atoms. The fourth-order valence-corrected chi connectivity index (χ4v) is 2.20. The van der Waals surface area contributed by atoms with Crippen LogP contribution in [0.1, 0.15) is 18.4 Å². The van der Waals surface area contributed by atoms with Crippen molar-refractivity contribution in [3.8, 4) is 0 Å². The molecule has 3 heteroatoms. The molecule has 94 valence electrons. The number of hydrogen-bond acceptors (Lipinski definition) is 3. The van der Waals surface area contributed by atoms with Gasteiger partial charge in [-0.3, -0.25) is 0 Å². The molecule has 0 saturated carbocycles. The molecule has 0 aromatic heterocycles. The summed E-state index contributed by atoms with van der Waals surface area (Å²) in [4.78, 5) is 2.19. The highest BCUT2D eigenvalue weighted by Gasteiger charge is 2.15. The fraction of sp³-hybridized carbons (Fsp3) is 0.571. The van der Waals surface area contributed by atoms with Crippen LogP contribution < -0.4 is 5.32 Å². The van der Waals surface area contributed by atoms with E-state index in [-0.39, 0.29) is 0 Å². The third-order valence-electron chi connectivity index (χ3n) is 3.05. The van der Waals surface area contributed by atoms with E-state index in [2.05, 4.69) is 48.6 Å². The van der Waals surface area contributed by atoms with E-state index < -0.39 is 0 Å². The van der Waals surface area contributed by atoms with Gasteiger partial charge in [-0.05, 0) is 38.6 Å². The van der Waals surface area contributed by atoms with Crippen LogP contribution in [-0.4, -0.2) is 38.3 Å². The van der Waals surface area contributed by atoms with Crippen molar-refractivity contribution in [3.63, 3.8) is 0 Å². The standard InChI is InChI=1S/C14H22N2O/c1-16(2)11-12-6-3-4-8-14(12)15-10-13-7-5-9-17-13/h3-4,6,8,13,15H,5,7,9-11H2,1-2H3. The zero-order valence-electron chi connectivity index (χ0n) is 10.8. The molecule has 1 aliphatic rings. The summed E-state index contributed by atoms with van der Waals surface area (Å²) in [7, 11) is 4.19. The highest BCUT2D eigenvalue weighted by Crippen LogP contribution is 2.18. The van der Waals surface area contributed by atoms with Gasteiger partial charge in [-0.1, -0.05) is 18.2 Å². The Morgan fingerprint density at radius 3 is 2.88 bits per heavy atom. The van der Waals surface area contributed by atoms with E-state index in [0.29, 0.717) is 6.10 Å². The molecule has 0 aliphatic carbocycles. The maximum atomic E-state index is 5.62. The van der Waals surface area contributed by atoms with Crippen LogP contribution in [0.15, 0.2) is 24.3 Å². The first-order valence-electron chi connectivity index (χ1n) is 6.34. The normalized spacial score (nSPS) is 19.8. The van der Waals surface area contributed by atoms with Gasteiger partial charge in [0.05, 0.1) is 6.10 Å². The van der Waals surface area contributed by atoms with Crippen molar-refractivity contribution in [2.45, 2.75) is 25.5 Å². The largest absolute Gasteiger partial charge is 0.382 e. The Hall–Kier alpha value is -1.06. The minimum absolute atomic E-state index is 0.391. The molecule has 1 aromatic rings. The maximum absolute atomic E-state index is 5.62. The van der Waals surface area contributed by atoms with Crippen LogP contribution in [0.5, 0.6) is 0 Å². The monoisotopic (exact) mass is 234 g/mol. The van der Waals surface area contributed by atoms with Gasteiger partial charge in [0.15, 0.2) is 0 Å². The molecule has 1 N–H and O–H groups in total. The summed E-state index contributed by atoms with van der Waals surface area (Å²) in [5.41, 5.74) is 2.58. The smallest absolute Gasteiger partial charge is 0.0748 e. The number of anilines is 1. The molecule has 0 amide bonds. The molecule has 1 aliphatic heterocycles. The molecule has 1 heterocycles. The topological polar surface area (TPSA) is 24.5 Å². The molecular formula is C14H22N2O. The lowest BCUT2D eigenvalue weighted by molar-refractivity contribution is 0.120. The quantitative estimate of drug-likeness (QED) is 0.846. The van der Waals surface area contributed by atoms with Crippen molar-refractivity contribution >= 4 is 5.69 Å². The molecule has 2 rings (SSSR count). The van der Waals surface area contributed by atoms with Crippen molar-refractivity contribution in [3.05, 3.63) is 29.8 Å². The summed E-state index contributed by atoms with van der Waals surface area (Å²) in [5, 5.41) is 3.51. The van der Waals surface area contributed by atoms with Crippen LogP contribution >= 0.6 is 0 Å². The number of hydrogen-bond donors (Lipinski definition) is 1. The van der Waals surface area contributed by atoms with E-state index in [1.807, 2.05) is 0 Å².